The van der Waals surface area contributed by atoms with Crippen LogP contribution < -0.4 is 5.32 Å². The molecular formula is C16H20ClN3. The van der Waals surface area contributed by atoms with Crippen LogP contribution in [0.4, 0.5) is 11.6 Å². The monoisotopic (exact) mass is 289 g/mol. The highest BCUT2D eigenvalue weighted by Crippen LogP contribution is 2.26. The molecule has 0 saturated heterocycles. The summed E-state index contributed by atoms with van der Waals surface area (Å²) in [7, 11) is 0. The number of hydrogen-bond acceptors (Lipinski definition) is 3. The fourth-order valence-electron chi connectivity index (χ4n) is 2.15. The summed E-state index contributed by atoms with van der Waals surface area (Å²) in [6, 6.07) is 5.72. The second-order valence-electron chi connectivity index (χ2n) is 6.06. The molecule has 0 spiro atoms. The molecule has 1 aromatic carbocycles. The highest BCUT2D eigenvalue weighted by atomic mass is 35.5. The lowest BCUT2D eigenvalue weighted by Gasteiger charge is -2.20. The van der Waals surface area contributed by atoms with Crippen LogP contribution in [0, 0.1) is 13.8 Å². The summed E-state index contributed by atoms with van der Waals surface area (Å²) >= 11 is 5.97. The minimum atomic E-state index is -0.00149. The first-order valence-electron chi connectivity index (χ1n) is 6.64. The number of hydrogen-bond donors (Lipinski definition) is 1. The Labute approximate surface area is 125 Å². The van der Waals surface area contributed by atoms with E-state index in [2.05, 4.69) is 36.1 Å². The highest BCUT2D eigenvalue weighted by Gasteiger charge is 2.19. The SMILES string of the molecule is Cc1cc(Cl)ccc1Nc1ncc(C)c(C(C)(C)C)n1. The van der Waals surface area contributed by atoms with Crippen LogP contribution in [-0.4, -0.2) is 9.97 Å². The molecule has 1 heterocycles. The normalized spacial score (nSPS) is 11.5. The molecule has 0 aliphatic rings. The third kappa shape index (κ3) is 3.28. The zero-order valence-electron chi connectivity index (χ0n) is 12.6. The van der Waals surface area contributed by atoms with Crippen molar-refractivity contribution in [3.8, 4) is 0 Å². The van der Waals surface area contributed by atoms with E-state index in [0.717, 1.165) is 27.5 Å². The molecule has 106 valence electrons. The number of nitrogens with zero attached hydrogens (tertiary/aromatic N) is 2. The van der Waals surface area contributed by atoms with Gasteiger partial charge in [-0.05, 0) is 43.2 Å². The van der Waals surface area contributed by atoms with Crippen LogP contribution in [-0.2, 0) is 5.41 Å². The Morgan fingerprint density at radius 2 is 1.80 bits per heavy atom. The zero-order valence-corrected chi connectivity index (χ0v) is 13.3. The molecule has 0 atom stereocenters. The van der Waals surface area contributed by atoms with Gasteiger partial charge in [0.15, 0.2) is 0 Å². The molecule has 1 N–H and O–H groups in total. The molecule has 0 amide bonds. The van der Waals surface area contributed by atoms with E-state index in [1.807, 2.05) is 38.2 Å². The first kappa shape index (κ1) is 14.8. The minimum absolute atomic E-state index is 0.00149. The topological polar surface area (TPSA) is 37.8 Å². The minimum Gasteiger partial charge on any atom is -0.324 e. The van der Waals surface area contributed by atoms with Crippen LogP contribution in [0.15, 0.2) is 24.4 Å². The molecule has 4 heteroatoms. The number of anilines is 2. The summed E-state index contributed by atoms with van der Waals surface area (Å²) in [5.74, 6) is 0.617. The summed E-state index contributed by atoms with van der Waals surface area (Å²) < 4.78 is 0. The van der Waals surface area contributed by atoms with Gasteiger partial charge >= 0.3 is 0 Å². The van der Waals surface area contributed by atoms with Gasteiger partial charge in [0.1, 0.15) is 0 Å². The van der Waals surface area contributed by atoms with Crippen molar-refractivity contribution < 1.29 is 0 Å². The number of aromatic nitrogens is 2. The third-order valence-corrected chi connectivity index (χ3v) is 3.35. The van der Waals surface area contributed by atoms with Crippen molar-refractivity contribution in [1.82, 2.24) is 9.97 Å². The van der Waals surface area contributed by atoms with Crippen LogP contribution in [0.25, 0.3) is 0 Å². The van der Waals surface area contributed by atoms with E-state index in [-0.39, 0.29) is 5.41 Å². The maximum Gasteiger partial charge on any atom is 0.227 e. The van der Waals surface area contributed by atoms with E-state index < -0.39 is 0 Å². The number of halogens is 1. The smallest absolute Gasteiger partial charge is 0.227 e. The average Bonchev–Trinajstić information content (AvgIpc) is 2.33. The van der Waals surface area contributed by atoms with Crippen molar-refractivity contribution in [2.45, 2.75) is 40.0 Å². The van der Waals surface area contributed by atoms with E-state index >= 15 is 0 Å². The maximum absolute atomic E-state index is 5.97. The largest absolute Gasteiger partial charge is 0.324 e. The van der Waals surface area contributed by atoms with Crippen molar-refractivity contribution >= 4 is 23.2 Å². The standard InChI is InChI=1S/C16H20ClN3/c1-10-8-12(17)6-7-13(10)19-15-18-9-11(2)14(20-15)16(3,4)5/h6-9H,1-5H3,(H,18,19,20). The fourth-order valence-corrected chi connectivity index (χ4v) is 2.38. The van der Waals surface area contributed by atoms with Crippen LogP contribution in [0.3, 0.4) is 0 Å². The van der Waals surface area contributed by atoms with Crippen molar-refractivity contribution in [2.24, 2.45) is 0 Å². The quantitative estimate of drug-likeness (QED) is 0.864. The molecule has 0 aliphatic carbocycles. The zero-order chi connectivity index (χ0) is 14.9. The van der Waals surface area contributed by atoms with Gasteiger partial charge in [-0.25, -0.2) is 9.97 Å². The second kappa shape index (κ2) is 5.41. The van der Waals surface area contributed by atoms with E-state index in [4.69, 9.17) is 11.6 Å². The Morgan fingerprint density at radius 1 is 1.10 bits per heavy atom. The number of aryl methyl sites for hydroxylation is 2. The predicted molar refractivity (Wildman–Crippen MR) is 84.9 cm³/mol. The van der Waals surface area contributed by atoms with Gasteiger partial charge in [-0.2, -0.15) is 0 Å². The van der Waals surface area contributed by atoms with Crippen LogP contribution in [0.1, 0.15) is 37.6 Å². The Hall–Kier alpha value is -1.61. The van der Waals surface area contributed by atoms with Gasteiger partial charge in [0.25, 0.3) is 0 Å². The molecule has 1 aromatic heterocycles. The van der Waals surface area contributed by atoms with E-state index in [1.165, 1.54) is 0 Å². The first-order chi connectivity index (χ1) is 9.27. The maximum atomic E-state index is 5.97. The summed E-state index contributed by atoms with van der Waals surface area (Å²) in [5.41, 5.74) is 4.20. The number of rotatable bonds is 2. The molecule has 2 aromatic rings. The lowest BCUT2D eigenvalue weighted by atomic mass is 9.89. The van der Waals surface area contributed by atoms with Crippen LogP contribution >= 0.6 is 11.6 Å². The van der Waals surface area contributed by atoms with Crippen LogP contribution in [0.2, 0.25) is 5.02 Å². The van der Waals surface area contributed by atoms with Gasteiger partial charge in [0.05, 0.1) is 5.69 Å². The van der Waals surface area contributed by atoms with Crippen molar-refractivity contribution in [1.29, 1.82) is 0 Å². The van der Waals surface area contributed by atoms with E-state index in [9.17, 15) is 0 Å². The van der Waals surface area contributed by atoms with E-state index in [0.29, 0.717) is 5.95 Å². The van der Waals surface area contributed by atoms with Gasteiger partial charge in [0, 0.05) is 22.3 Å². The molecule has 0 radical (unpaired) electrons. The van der Waals surface area contributed by atoms with Crippen molar-refractivity contribution in [3.05, 3.63) is 46.2 Å². The Balaban J connectivity index is 2.35. The molecule has 2 rings (SSSR count). The number of nitrogens with one attached hydrogen (secondary N) is 1. The van der Waals surface area contributed by atoms with Gasteiger partial charge in [-0.1, -0.05) is 32.4 Å². The lowest BCUT2D eigenvalue weighted by Crippen LogP contribution is -2.17. The molecular weight excluding hydrogens is 270 g/mol. The summed E-state index contributed by atoms with van der Waals surface area (Å²) in [5, 5.41) is 3.99. The van der Waals surface area contributed by atoms with E-state index in [1.54, 1.807) is 0 Å². The predicted octanol–water partition coefficient (Wildman–Crippen LogP) is 4.79. The fraction of sp³-hybridized carbons (Fsp3) is 0.375. The molecule has 3 nitrogen and oxygen atoms in total. The highest BCUT2D eigenvalue weighted by molar-refractivity contribution is 6.30. The van der Waals surface area contributed by atoms with Gasteiger partial charge in [-0.15, -0.1) is 0 Å². The average molecular weight is 290 g/mol. The van der Waals surface area contributed by atoms with Crippen molar-refractivity contribution in [3.63, 3.8) is 0 Å². The van der Waals surface area contributed by atoms with Crippen LogP contribution in [0.5, 0.6) is 0 Å². The molecule has 0 unspecified atom stereocenters. The first-order valence-corrected chi connectivity index (χ1v) is 7.02. The third-order valence-electron chi connectivity index (χ3n) is 3.12. The summed E-state index contributed by atoms with van der Waals surface area (Å²) in [6.07, 6.45) is 1.86. The molecule has 0 saturated carbocycles. The summed E-state index contributed by atoms with van der Waals surface area (Å²) in [6.45, 7) is 10.5. The molecule has 0 fully saturated rings. The van der Waals surface area contributed by atoms with Gasteiger partial charge in [0.2, 0.25) is 5.95 Å². The van der Waals surface area contributed by atoms with Crippen molar-refractivity contribution in [2.75, 3.05) is 5.32 Å². The van der Waals surface area contributed by atoms with Gasteiger partial charge < -0.3 is 5.32 Å². The Bertz CT molecular complexity index is 630. The second-order valence-corrected chi connectivity index (χ2v) is 6.50. The molecule has 20 heavy (non-hydrogen) atoms. The molecule has 0 bridgehead atoms. The molecule has 0 aliphatic heterocycles. The number of benzene rings is 1. The lowest BCUT2D eigenvalue weighted by molar-refractivity contribution is 0.563. The Morgan fingerprint density at radius 3 is 2.40 bits per heavy atom. The Kier molecular flexibility index (Phi) is 4.00. The van der Waals surface area contributed by atoms with Gasteiger partial charge in [-0.3, -0.25) is 0 Å². The summed E-state index contributed by atoms with van der Waals surface area (Å²) in [4.78, 5) is 9.00.